The molecule has 3 nitrogen and oxygen atoms in total. The average Bonchev–Trinajstić information content (AvgIpc) is 2.97. The van der Waals surface area contributed by atoms with Crippen LogP contribution in [0.1, 0.15) is 51.0 Å². The largest absolute Gasteiger partial charge is 0.393 e. The number of hydrogen-bond acceptors (Lipinski definition) is 2. The van der Waals surface area contributed by atoms with Crippen LogP contribution in [-0.2, 0) is 10.0 Å². The van der Waals surface area contributed by atoms with Crippen LogP contribution in [0.15, 0.2) is 29.2 Å². The molecule has 0 saturated carbocycles. The van der Waals surface area contributed by atoms with Crippen LogP contribution in [0.2, 0.25) is 0 Å². The third kappa shape index (κ3) is 4.97. The monoisotopic (exact) mass is 377 g/mol. The molecule has 0 aromatic heterocycles. The Morgan fingerprint density at radius 2 is 1.76 bits per heavy atom. The van der Waals surface area contributed by atoms with E-state index in [9.17, 15) is 21.6 Å². The number of nitrogens with zero attached hydrogens (tertiary/aromatic N) is 1. The molecule has 1 saturated heterocycles. The highest BCUT2D eigenvalue weighted by Crippen LogP contribution is 2.40. The third-order valence-electron chi connectivity index (χ3n) is 4.85. The fourth-order valence-electron chi connectivity index (χ4n) is 3.33. The van der Waals surface area contributed by atoms with Crippen LogP contribution in [0.3, 0.4) is 0 Å². The molecule has 0 aliphatic carbocycles. The van der Waals surface area contributed by atoms with Gasteiger partial charge in [-0.1, -0.05) is 50.3 Å². The summed E-state index contributed by atoms with van der Waals surface area (Å²) in [4.78, 5) is 0.0690. The van der Waals surface area contributed by atoms with Gasteiger partial charge in [0.1, 0.15) is 0 Å². The van der Waals surface area contributed by atoms with E-state index in [1.165, 1.54) is 12.1 Å². The fourth-order valence-corrected chi connectivity index (χ4v) is 5.04. The molecule has 1 heterocycles. The van der Waals surface area contributed by atoms with Gasteiger partial charge in [0.2, 0.25) is 10.0 Å². The average molecular weight is 377 g/mol. The Labute approximate surface area is 148 Å². The minimum Gasteiger partial charge on any atom is -0.207 e. The van der Waals surface area contributed by atoms with Crippen molar-refractivity contribution in [2.24, 2.45) is 5.92 Å². The molecule has 2 atom stereocenters. The van der Waals surface area contributed by atoms with E-state index in [0.29, 0.717) is 6.42 Å². The van der Waals surface area contributed by atoms with E-state index in [0.717, 1.165) is 35.6 Å². The number of sulfonamides is 1. The van der Waals surface area contributed by atoms with Crippen LogP contribution < -0.4 is 0 Å². The van der Waals surface area contributed by atoms with Gasteiger partial charge in [0.15, 0.2) is 0 Å². The lowest BCUT2D eigenvalue weighted by atomic mass is 10.0. The van der Waals surface area contributed by atoms with E-state index in [2.05, 4.69) is 6.92 Å². The number of halogens is 3. The summed E-state index contributed by atoms with van der Waals surface area (Å²) in [6, 6.07) is 5.70. The molecule has 1 aliphatic heterocycles. The Bertz CT molecular complexity index is 656. The second kappa shape index (κ2) is 8.08. The molecule has 0 amide bonds. The SMILES string of the molecule is CCCCCC[C@@H]1C[C@@H](C(F)(F)F)CN1S(=O)(=O)c1ccc(C)cc1. The van der Waals surface area contributed by atoms with Gasteiger partial charge in [-0.2, -0.15) is 17.5 Å². The highest BCUT2D eigenvalue weighted by Gasteiger charge is 2.50. The predicted molar refractivity (Wildman–Crippen MR) is 91.8 cm³/mol. The molecule has 1 aromatic rings. The second-order valence-electron chi connectivity index (χ2n) is 6.87. The Kier molecular flexibility index (Phi) is 6.54. The summed E-state index contributed by atoms with van der Waals surface area (Å²) in [5, 5.41) is 0. The summed E-state index contributed by atoms with van der Waals surface area (Å²) in [5.74, 6) is -1.58. The van der Waals surface area contributed by atoms with Crippen LogP contribution in [0, 0.1) is 12.8 Å². The Morgan fingerprint density at radius 1 is 1.12 bits per heavy atom. The first kappa shape index (κ1) is 20.2. The molecule has 0 spiro atoms. The summed E-state index contributed by atoms with van der Waals surface area (Å²) in [5.41, 5.74) is 0.907. The van der Waals surface area contributed by atoms with Crippen LogP contribution >= 0.6 is 0 Å². The Hall–Kier alpha value is -1.08. The van der Waals surface area contributed by atoms with Crippen molar-refractivity contribution in [3.63, 3.8) is 0 Å². The van der Waals surface area contributed by atoms with Crippen molar-refractivity contribution in [3.8, 4) is 0 Å². The van der Waals surface area contributed by atoms with Gasteiger partial charge in [0.25, 0.3) is 0 Å². The second-order valence-corrected chi connectivity index (χ2v) is 8.76. The molecule has 0 radical (unpaired) electrons. The smallest absolute Gasteiger partial charge is 0.207 e. The zero-order chi connectivity index (χ0) is 18.7. The molecule has 1 fully saturated rings. The number of unbranched alkanes of at least 4 members (excludes halogenated alkanes) is 3. The van der Waals surface area contributed by atoms with Gasteiger partial charge >= 0.3 is 6.18 Å². The molecule has 1 aromatic carbocycles. The van der Waals surface area contributed by atoms with Gasteiger partial charge in [0, 0.05) is 12.6 Å². The van der Waals surface area contributed by atoms with Crippen LogP contribution in [0.5, 0.6) is 0 Å². The molecular formula is C18H26F3NO2S. The van der Waals surface area contributed by atoms with Crippen molar-refractivity contribution in [1.82, 2.24) is 4.31 Å². The maximum Gasteiger partial charge on any atom is 0.393 e. The van der Waals surface area contributed by atoms with E-state index >= 15 is 0 Å². The fraction of sp³-hybridized carbons (Fsp3) is 0.667. The first-order valence-corrected chi connectivity index (χ1v) is 10.3. The van der Waals surface area contributed by atoms with Gasteiger partial charge in [-0.25, -0.2) is 8.42 Å². The van der Waals surface area contributed by atoms with Gasteiger partial charge in [-0.05, 0) is 31.9 Å². The molecule has 1 aliphatic rings. The lowest BCUT2D eigenvalue weighted by molar-refractivity contribution is -0.169. The van der Waals surface area contributed by atoms with Gasteiger partial charge in [-0.15, -0.1) is 0 Å². The van der Waals surface area contributed by atoms with E-state index in [-0.39, 0.29) is 11.3 Å². The molecule has 0 N–H and O–H groups in total. The maximum absolute atomic E-state index is 13.2. The molecular weight excluding hydrogens is 351 g/mol. The van der Waals surface area contributed by atoms with E-state index < -0.39 is 34.7 Å². The Morgan fingerprint density at radius 3 is 2.32 bits per heavy atom. The summed E-state index contributed by atoms with van der Waals surface area (Å²) >= 11 is 0. The highest BCUT2D eigenvalue weighted by molar-refractivity contribution is 7.89. The van der Waals surface area contributed by atoms with Crippen molar-refractivity contribution < 1.29 is 21.6 Å². The first-order chi connectivity index (χ1) is 11.7. The molecule has 0 bridgehead atoms. The van der Waals surface area contributed by atoms with Gasteiger partial charge < -0.3 is 0 Å². The van der Waals surface area contributed by atoms with Crippen LogP contribution in [0.25, 0.3) is 0 Å². The lowest BCUT2D eigenvalue weighted by Crippen LogP contribution is -2.36. The third-order valence-corrected chi connectivity index (χ3v) is 6.78. The van der Waals surface area contributed by atoms with E-state index in [1.807, 2.05) is 6.92 Å². The number of benzene rings is 1. The number of hydrogen-bond donors (Lipinski definition) is 0. The van der Waals surface area contributed by atoms with Gasteiger partial charge in [-0.3, -0.25) is 0 Å². The standard InChI is InChI=1S/C18H26F3NO2S/c1-3-4-5-6-7-16-12-15(18(19,20)21)13-22(16)25(23,24)17-10-8-14(2)9-11-17/h8-11,15-16H,3-7,12-13H2,1-2H3/t15-,16-/m1/s1. The zero-order valence-corrected chi connectivity index (χ0v) is 15.5. The van der Waals surface area contributed by atoms with Crippen LogP contribution in [0.4, 0.5) is 13.2 Å². The molecule has 7 heteroatoms. The minimum atomic E-state index is -4.36. The summed E-state index contributed by atoms with van der Waals surface area (Å²) in [7, 11) is -3.91. The number of rotatable bonds is 7. The van der Waals surface area contributed by atoms with Crippen LogP contribution in [-0.4, -0.2) is 31.5 Å². The summed E-state index contributed by atoms with van der Waals surface area (Å²) in [6.45, 7) is 3.42. The lowest BCUT2D eigenvalue weighted by Gasteiger charge is -2.24. The summed E-state index contributed by atoms with van der Waals surface area (Å²) < 4.78 is 66.4. The highest BCUT2D eigenvalue weighted by atomic mass is 32.2. The molecule has 25 heavy (non-hydrogen) atoms. The Balaban J connectivity index is 2.21. The molecule has 2 rings (SSSR count). The minimum absolute atomic E-state index is 0.0690. The topological polar surface area (TPSA) is 37.4 Å². The van der Waals surface area contributed by atoms with Crippen molar-refractivity contribution in [2.75, 3.05) is 6.54 Å². The van der Waals surface area contributed by atoms with Crippen molar-refractivity contribution in [3.05, 3.63) is 29.8 Å². The van der Waals surface area contributed by atoms with E-state index in [1.54, 1.807) is 12.1 Å². The van der Waals surface area contributed by atoms with Gasteiger partial charge in [0.05, 0.1) is 10.8 Å². The number of aryl methyl sites for hydroxylation is 1. The van der Waals surface area contributed by atoms with Crippen molar-refractivity contribution in [2.45, 2.75) is 69.5 Å². The van der Waals surface area contributed by atoms with E-state index in [4.69, 9.17) is 0 Å². The molecule has 142 valence electrons. The zero-order valence-electron chi connectivity index (χ0n) is 14.7. The maximum atomic E-state index is 13.2. The molecule has 0 unspecified atom stereocenters. The normalized spacial score (nSPS) is 22.4. The number of alkyl halides is 3. The van der Waals surface area contributed by atoms with Crippen molar-refractivity contribution in [1.29, 1.82) is 0 Å². The predicted octanol–water partition coefficient (Wildman–Crippen LogP) is 4.91. The quantitative estimate of drug-likeness (QED) is 0.634. The first-order valence-electron chi connectivity index (χ1n) is 8.81. The summed E-state index contributed by atoms with van der Waals surface area (Å²) in [6.07, 6.45) is -0.302. The van der Waals surface area contributed by atoms with Crippen molar-refractivity contribution >= 4 is 10.0 Å².